The summed E-state index contributed by atoms with van der Waals surface area (Å²) in [5.41, 5.74) is 3.43. The van der Waals surface area contributed by atoms with E-state index >= 15 is 0 Å². The monoisotopic (exact) mass is 193 g/mol. The van der Waals surface area contributed by atoms with Gasteiger partial charge in [0.1, 0.15) is 0 Å². The van der Waals surface area contributed by atoms with Gasteiger partial charge >= 0.3 is 0 Å². The maximum Gasteiger partial charge on any atom is 0.246 e. The van der Waals surface area contributed by atoms with E-state index in [1.807, 2.05) is 44.2 Å². The van der Waals surface area contributed by atoms with Gasteiger partial charge in [0.25, 0.3) is 0 Å². The summed E-state index contributed by atoms with van der Waals surface area (Å²) in [6.07, 6.45) is 0. The summed E-state index contributed by atoms with van der Waals surface area (Å²) in [7, 11) is 0. The van der Waals surface area contributed by atoms with Crippen LogP contribution in [0.5, 0.6) is 0 Å². The van der Waals surface area contributed by atoms with Crippen molar-refractivity contribution >= 4 is 5.91 Å². The Kier molecular flexibility index (Phi) is 4.13. The first-order chi connectivity index (χ1) is 6.70. The molecule has 76 valence electrons. The van der Waals surface area contributed by atoms with Gasteiger partial charge in [-0.3, -0.25) is 9.63 Å². The zero-order chi connectivity index (χ0) is 10.4. The lowest BCUT2D eigenvalue weighted by Gasteiger charge is -2.07. The van der Waals surface area contributed by atoms with Crippen molar-refractivity contribution in [3.63, 3.8) is 0 Å². The molecule has 1 amide bonds. The molecule has 1 aromatic carbocycles. The molecule has 0 saturated carbocycles. The number of benzene rings is 1. The second kappa shape index (κ2) is 5.40. The molecule has 1 rings (SSSR count). The highest BCUT2D eigenvalue weighted by atomic mass is 16.6. The predicted molar refractivity (Wildman–Crippen MR) is 54.2 cm³/mol. The number of carbonyl (C=O) groups is 1. The van der Waals surface area contributed by atoms with E-state index in [4.69, 9.17) is 4.84 Å². The molecule has 0 radical (unpaired) electrons. The lowest BCUT2D eigenvalue weighted by atomic mass is 10.2. The molecule has 0 spiro atoms. The number of hydrogen-bond acceptors (Lipinski definition) is 2. The van der Waals surface area contributed by atoms with Crippen molar-refractivity contribution in [1.29, 1.82) is 0 Å². The summed E-state index contributed by atoms with van der Waals surface area (Å²) in [6, 6.07) is 9.70. The van der Waals surface area contributed by atoms with Gasteiger partial charge in [0.2, 0.25) is 5.91 Å². The minimum atomic E-state index is -0.0964. The maximum atomic E-state index is 11.1. The van der Waals surface area contributed by atoms with E-state index < -0.39 is 0 Å². The topological polar surface area (TPSA) is 38.3 Å². The fourth-order valence-corrected chi connectivity index (χ4v) is 0.883. The predicted octanol–water partition coefficient (Wildman–Crippen LogP) is 1.89. The largest absolute Gasteiger partial charge is 0.273 e. The third kappa shape index (κ3) is 3.58. The molecule has 0 fully saturated rings. The van der Waals surface area contributed by atoms with E-state index in [-0.39, 0.29) is 11.8 Å². The van der Waals surface area contributed by atoms with E-state index in [9.17, 15) is 4.79 Å². The number of hydroxylamine groups is 1. The zero-order valence-corrected chi connectivity index (χ0v) is 8.49. The summed E-state index contributed by atoms with van der Waals surface area (Å²) in [6.45, 7) is 4.04. The van der Waals surface area contributed by atoms with Crippen LogP contribution in [-0.2, 0) is 16.2 Å². The van der Waals surface area contributed by atoms with Crippen LogP contribution in [0.3, 0.4) is 0 Å². The van der Waals surface area contributed by atoms with Crippen molar-refractivity contribution in [2.24, 2.45) is 5.92 Å². The molecule has 0 aliphatic carbocycles. The fourth-order valence-electron chi connectivity index (χ4n) is 0.883. The van der Waals surface area contributed by atoms with E-state index in [0.717, 1.165) is 5.56 Å². The normalized spacial score (nSPS) is 10.2. The molecule has 0 aliphatic rings. The minimum Gasteiger partial charge on any atom is -0.273 e. The van der Waals surface area contributed by atoms with Crippen molar-refractivity contribution in [1.82, 2.24) is 5.48 Å². The Balaban J connectivity index is 2.26. The van der Waals surface area contributed by atoms with Crippen LogP contribution < -0.4 is 5.48 Å². The Morgan fingerprint density at radius 1 is 1.36 bits per heavy atom. The molecule has 0 unspecified atom stereocenters. The first kappa shape index (κ1) is 10.7. The maximum absolute atomic E-state index is 11.1. The van der Waals surface area contributed by atoms with E-state index in [1.165, 1.54) is 0 Å². The zero-order valence-electron chi connectivity index (χ0n) is 8.49. The second-order valence-electron chi connectivity index (χ2n) is 3.40. The molecule has 0 aromatic heterocycles. The molecule has 0 heterocycles. The standard InChI is InChI=1S/C11H15NO2/c1-9(2)11(13)12-14-8-10-6-4-3-5-7-10/h3-7,9H,8H2,1-2H3,(H,12,13). The van der Waals surface area contributed by atoms with Crippen LogP contribution in [0.2, 0.25) is 0 Å². The van der Waals surface area contributed by atoms with Crippen LogP contribution >= 0.6 is 0 Å². The van der Waals surface area contributed by atoms with Gasteiger partial charge in [-0.1, -0.05) is 44.2 Å². The molecule has 14 heavy (non-hydrogen) atoms. The summed E-state index contributed by atoms with van der Waals surface area (Å²) < 4.78 is 0. The first-order valence-electron chi connectivity index (χ1n) is 4.65. The third-order valence-corrected chi connectivity index (χ3v) is 1.78. The highest BCUT2D eigenvalue weighted by molar-refractivity contribution is 5.76. The third-order valence-electron chi connectivity index (χ3n) is 1.78. The van der Waals surface area contributed by atoms with Crippen LogP contribution in [-0.4, -0.2) is 5.91 Å². The Morgan fingerprint density at radius 2 is 2.00 bits per heavy atom. The van der Waals surface area contributed by atoms with Crippen LogP contribution in [0.15, 0.2) is 30.3 Å². The molecule has 3 heteroatoms. The number of hydrogen-bond donors (Lipinski definition) is 1. The Bertz CT molecular complexity index is 283. The lowest BCUT2D eigenvalue weighted by molar-refractivity contribution is -0.137. The van der Waals surface area contributed by atoms with Gasteiger partial charge in [0, 0.05) is 5.92 Å². The molecule has 0 aliphatic heterocycles. The van der Waals surface area contributed by atoms with Crippen molar-refractivity contribution in [2.45, 2.75) is 20.5 Å². The summed E-state index contributed by atoms with van der Waals surface area (Å²) in [4.78, 5) is 16.1. The smallest absolute Gasteiger partial charge is 0.246 e. The fraction of sp³-hybridized carbons (Fsp3) is 0.364. The van der Waals surface area contributed by atoms with Crippen LogP contribution in [0.4, 0.5) is 0 Å². The minimum absolute atomic E-state index is 0.0502. The van der Waals surface area contributed by atoms with Crippen LogP contribution in [0, 0.1) is 5.92 Å². The Hall–Kier alpha value is -1.35. The van der Waals surface area contributed by atoms with Crippen molar-refractivity contribution in [3.8, 4) is 0 Å². The van der Waals surface area contributed by atoms with Gasteiger partial charge in [0.15, 0.2) is 0 Å². The number of nitrogens with one attached hydrogen (secondary N) is 1. The van der Waals surface area contributed by atoms with Gasteiger partial charge in [-0.05, 0) is 5.56 Å². The highest BCUT2D eigenvalue weighted by Gasteiger charge is 2.05. The molecular formula is C11H15NO2. The SMILES string of the molecule is CC(C)C(=O)NOCc1ccccc1. The van der Waals surface area contributed by atoms with Gasteiger partial charge in [0.05, 0.1) is 6.61 Å². The lowest BCUT2D eigenvalue weighted by Crippen LogP contribution is -2.27. The molecule has 1 N–H and O–H groups in total. The van der Waals surface area contributed by atoms with E-state index in [2.05, 4.69) is 5.48 Å². The number of carbonyl (C=O) groups excluding carboxylic acids is 1. The summed E-state index contributed by atoms with van der Waals surface area (Å²) in [5.74, 6) is -0.147. The van der Waals surface area contributed by atoms with E-state index in [1.54, 1.807) is 0 Å². The molecule has 3 nitrogen and oxygen atoms in total. The molecular weight excluding hydrogens is 178 g/mol. The van der Waals surface area contributed by atoms with Gasteiger partial charge in [-0.25, -0.2) is 5.48 Å². The van der Waals surface area contributed by atoms with E-state index in [0.29, 0.717) is 6.61 Å². The molecule has 0 atom stereocenters. The van der Waals surface area contributed by atoms with Crippen molar-refractivity contribution in [2.75, 3.05) is 0 Å². The summed E-state index contributed by atoms with van der Waals surface area (Å²) >= 11 is 0. The molecule has 1 aromatic rings. The second-order valence-corrected chi connectivity index (χ2v) is 3.40. The van der Waals surface area contributed by atoms with Crippen molar-refractivity contribution in [3.05, 3.63) is 35.9 Å². The Labute approximate surface area is 84.0 Å². The Morgan fingerprint density at radius 3 is 2.57 bits per heavy atom. The van der Waals surface area contributed by atoms with Crippen LogP contribution in [0.25, 0.3) is 0 Å². The van der Waals surface area contributed by atoms with Gasteiger partial charge in [-0.15, -0.1) is 0 Å². The average Bonchev–Trinajstić information content (AvgIpc) is 2.19. The number of rotatable bonds is 4. The highest BCUT2D eigenvalue weighted by Crippen LogP contribution is 1.99. The summed E-state index contributed by atoms with van der Waals surface area (Å²) in [5, 5.41) is 0. The molecule has 0 saturated heterocycles. The number of amides is 1. The first-order valence-corrected chi connectivity index (χ1v) is 4.65. The van der Waals surface area contributed by atoms with Gasteiger partial charge in [-0.2, -0.15) is 0 Å². The quantitative estimate of drug-likeness (QED) is 0.741. The average molecular weight is 193 g/mol. The molecule has 0 bridgehead atoms. The van der Waals surface area contributed by atoms with Gasteiger partial charge < -0.3 is 0 Å². The van der Waals surface area contributed by atoms with Crippen molar-refractivity contribution < 1.29 is 9.63 Å². The van der Waals surface area contributed by atoms with Crippen LogP contribution in [0.1, 0.15) is 19.4 Å².